The van der Waals surface area contributed by atoms with Gasteiger partial charge in [-0.3, -0.25) is 0 Å². The third kappa shape index (κ3) is 2.15. The zero-order chi connectivity index (χ0) is 14.3. The molecular formula is C15H11ClF2NO. The van der Waals surface area contributed by atoms with Gasteiger partial charge in [-0.05, 0) is 17.7 Å². The molecule has 0 fully saturated rings. The van der Waals surface area contributed by atoms with Crippen molar-refractivity contribution < 1.29 is 13.5 Å². The lowest BCUT2D eigenvalue weighted by Crippen LogP contribution is -2.24. The van der Waals surface area contributed by atoms with Crippen molar-refractivity contribution in [3.05, 3.63) is 52.6 Å². The first-order valence-electron chi connectivity index (χ1n) is 6.15. The molecule has 0 saturated carbocycles. The molecule has 2 aromatic carbocycles. The topological polar surface area (TPSA) is 35.2 Å². The maximum atomic E-state index is 13.8. The van der Waals surface area contributed by atoms with Crippen molar-refractivity contribution in [3.8, 4) is 16.9 Å². The van der Waals surface area contributed by atoms with Crippen molar-refractivity contribution >= 4 is 11.6 Å². The lowest BCUT2D eigenvalue weighted by atomic mass is 10.0. The number of nitrogens with two attached hydrogens (primary N) is 1. The number of hydrogen-bond donors (Lipinski definition) is 1. The SMILES string of the molecule is NCC1Cc2cc(-c3cc[c]c(F)c3F)cc(Cl)c2O1. The highest BCUT2D eigenvalue weighted by molar-refractivity contribution is 6.32. The summed E-state index contributed by atoms with van der Waals surface area (Å²) in [6.07, 6.45) is 0.492. The summed E-state index contributed by atoms with van der Waals surface area (Å²) in [5.74, 6) is -1.36. The van der Waals surface area contributed by atoms with Gasteiger partial charge >= 0.3 is 0 Å². The monoisotopic (exact) mass is 294 g/mol. The molecule has 2 nitrogen and oxygen atoms in total. The van der Waals surface area contributed by atoms with Gasteiger partial charge in [0, 0.05) is 30.2 Å². The first kappa shape index (κ1) is 13.3. The molecule has 0 aromatic heterocycles. The van der Waals surface area contributed by atoms with Crippen molar-refractivity contribution in [1.29, 1.82) is 0 Å². The molecule has 1 aliphatic heterocycles. The predicted octanol–water partition coefficient (Wildman–Crippen LogP) is 3.35. The fourth-order valence-electron chi connectivity index (χ4n) is 2.35. The van der Waals surface area contributed by atoms with E-state index in [1.807, 2.05) is 0 Å². The zero-order valence-electron chi connectivity index (χ0n) is 10.4. The molecule has 0 aliphatic carbocycles. The minimum Gasteiger partial charge on any atom is -0.487 e. The van der Waals surface area contributed by atoms with Crippen molar-refractivity contribution in [2.24, 2.45) is 5.73 Å². The molecule has 1 unspecified atom stereocenters. The quantitative estimate of drug-likeness (QED) is 0.922. The highest BCUT2D eigenvalue weighted by Crippen LogP contribution is 2.40. The number of halogens is 3. The summed E-state index contributed by atoms with van der Waals surface area (Å²) in [6.45, 7) is 0.379. The van der Waals surface area contributed by atoms with Crippen LogP contribution < -0.4 is 10.5 Å². The van der Waals surface area contributed by atoms with Crippen molar-refractivity contribution in [1.82, 2.24) is 0 Å². The minimum absolute atomic E-state index is 0.122. The maximum Gasteiger partial charge on any atom is 0.167 e. The Bertz CT molecular complexity index is 675. The molecule has 20 heavy (non-hydrogen) atoms. The van der Waals surface area contributed by atoms with Gasteiger partial charge in [0.2, 0.25) is 0 Å². The zero-order valence-corrected chi connectivity index (χ0v) is 11.2. The molecule has 0 spiro atoms. The van der Waals surface area contributed by atoms with E-state index in [0.29, 0.717) is 29.3 Å². The van der Waals surface area contributed by atoms with Gasteiger partial charge in [0.25, 0.3) is 0 Å². The second kappa shape index (κ2) is 5.04. The predicted molar refractivity (Wildman–Crippen MR) is 72.8 cm³/mol. The van der Waals surface area contributed by atoms with Gasteiger partial charge in [-0.15, -0.1) is 0 Å². The van der Waals surface area contributed by atoms with Gasteiger partial charge < -0.3 is 10.5 Å². The number of benzene rings is 2. The van der Waals surface area contributed by atoms with E-state index < -0.39 is 11.6 Å². The molecule has 0 bridgehead atoms. The number of ether oxygens (including phenoxy) is 1. The highest BCUT2D eigenvalue weighted by Gasteiger charge is 2.25. The van der Waals surface area contributed by atoms with E-state index in [1.165, 1.54) is 12.1 Å². The van der Waals surface area contributed by atoms with E-state index in [-0.39, 0.29) is 11.7 Å². The van der Waals surface area contributed by atoms with Crippen molar-refractivity contribution in [2.45, 2.75) is 12.5 Å². The van der Waals surface area contributed by atoms with Crippen molar-refractivity contribution in [2.75, 3.05) is 6.54 Å². The van der Waals surface area contributed by atoms with Crippen LogP contribution in [0.15, 0.2) is 24.3 Å². The molecule has 0 saturated heterocycles. The van der Waals surface area contributed by atoms with Crippen LogP contribution in [0.5, 0.6) is 5.75 Å². The Labute approximate surface area is 120 Å². The van der Waals surface area contributed by atoms with Gasteiger partial charge in [-0.25, -0.2) is 8.78 Å². The second-order valence-corrected chi connectivity index (χ2v) is 5.05. The Balaban J connectivity index is 2.09. The summed E-state index contributed by atoms with van der Waals surface area (Å²) < 4.78 is 32.7. The van der Waals surface area contributed by atoms with Crippen LogP contribution in [0, 0.1) is 17.7 Å². The lowest BCUT2D eigenvalue weighted by molar-refractivity contribution is 0.241. The molecule has 3 rings (SSSR count). The average molecular weight is 295 g/mol. The number of fused-ring (bicyclic) bond motifs is 1. The number of rotatable bonds is 2. The number of hydrogen-bond acceptors (Lipinski definition) is 2. The van der Waals surface area contributed by atoms with Gasteiger partial charge in [0.1, 0.15) is 11.9 Å². The Morgan fingerprint density at radius 2 is 2.20 bits per heavy atom. The third-order valence-corrected chi connectivity index (χ3v) is 3.60. The first-order valence-corrected chi connectivity index (χ1v) is 6.53. The summed E-state index contributed by atoms with van der Waals surface area (Å²) in [6, 6.07) is 8.31. The van der Waals surface area contributed by atoms with Crippen LogP contribution in [0.1, 0.15) is 5.56 Å². The Kier molecular flexibility index (Phi) is 3.36. The van der Waals surface area contributed by atoms with Crippen LogP contribution in [0.25, 0.3) is 11.1 Å². The molecule has 2 N–H and O–H groups in total. The van der Waals surface area contributed by atoms with E-state index in [9.17, 15) is 8.78 Å². The molecule has 5 heteroatoms. The van der Waals surface area contributed by atoms with Crippen LogP contribution >= 0.6 is 11.6 Å². The summed E-state index contributed by atoms with van der Waals surface area (Å²) in [7, 11) is 0. The maximum absolute atomic E-state index is 13.8. The molecule has 0 amide bonds. The van der Waals surface area contributed by atoms with E-state index in [1.54, 1.807) is 12.1 Å². The van der Waals surface area contributed by atoms with Gasteiger partial charge in [0.15, 0.2) is 11.6 Å². The van der Waals surface area contributed by atoms with E-state index >= 15 is 0 Å². The molecule has 1 atom stereocenters. The Morgan fingerprint density at radius 1 is 1.40 bits per heavy atom. The largest absolute Gasteiger partial charge is 0.487 e. The van der Waals surface area contributed by atoms with Gasteiger partial charge in [-0.2, -0.15) is 0 Å². The second-order valence-electron chi connectivity index (χ2n) is 4.65. The van der Waals surface area contributed by atoms with E-state index in [0.717, 1.165) is 5.56 Å². The summed E-state index contributed by atoms with van der Waals surface area (Å²) in [5.41, 5.74) is 7.10. The summed E-state index contributed by atoms with van der Waals surface area (Å²) in [5, 5.41) is 0.376. The molecule has 2 aromatic rings. The van der Waals surface area contributed by atoms with Crippen LogP contribution in [0.2, 0.25) is 5.02 Å². The van der Waals surface area contributed by atoms with Crippen LogP contribution in [-0.4, -0.2) is 12.6 Å². The van der Waals surface area contributed by atoms with Crippen LogP contribution in [0.4, 0.5) is 8.78 Å². The van der Waals surface area contributed by atoms with Gasteiger partial charge in [-0.1, -0.05) is 23.7 Å². The van der Waals surface area contributed by atoms with E-state index in [2.05, 4.69) is 6.07 Å². The smallest absolute Gasteiger partial charge is 0.167 e. The Morgan fingerprint density at radius 3 is 2.95 bits per heavy atom. The normalized spacial score (nSPS) is 16.9. The van der Waals surface area contributed by atoms with Crippen LogP contribution in [-0.2, 0) is 6.42 Å². The fraction of sp³-hybridized carbons (Fsp3) is 0.200. The molecule has 1 aliphatic rings. The highest BCUT2D eigenvalue weighted by atomic mass is 35.5. The average Bonchev–Trinajstić information content (AvgIpc) is 2.85. The van der Waals surface area contributed by atoms with Crippen LogP contribution in [0.3, 0.4) is 0 Å². The standard InChI is InChI=1S/C15H11ClF2NO/c16-12-6-8(11-2-1-3-13(17)14(11)18)4-9-5-10(7-19)20-15(9)12/h1-2,4,6,10H,5,7,19H2. The molecule has 1 heterocycles. The lowest BCUT2D eigenvalue weighted by Gasteiger charge is -2.09. The van der Waals surface area contributed by atoms with E-state index in [4.69, 9.17) is 22.1 Å². The first-order chi connectivity index (χ1) is 9.60. The molecular weight excluding hydrogens is 284 g/mol. The summed E-state index contributed by atoms with van der Waals surface area (Å²) >= 11 is 6.15. The third-order valence-electron chi connectivity index (χ3n) is 3.32. The van der Waals surface area contributed by atoms with Crippen molar-refractivity contribution in [3.63, 3.8) is 0 Å². The molecule has 103 valence electrons. The van der Waals surface area contributed by atoms with Gasteiger partial charge in [0.05, 0.1) is 5.02 Å². The minimum atomic E-state index is -1.00. The summed E-state index contributed by atoms with van der Waals surface area (Å²) in [4.78, 5) is 0. The Hall–Kier alpha value is -1.65. The fourth-order valence-corrected chi connectivity index (χ4v) is 2.63. The molecule has 1 radical (unpaired) electrons.